The van der Waals surface area contributed by atoms with E-state index in [1.54, 1.807) is 0 Å². The van der Waals surface area contributed by atoms with E-state index < -0.39 is 0 Å². The van der Waals surface area contributed by atoms with Crippen molar-refractivity contribution in [1.29, 1.82) is 0 Å². The SMILES string of the molecule is O=C1NCC1CC1CCCCC1. The molecule has 1 aliphatic heterocycles. The number of nitrogens with one attached hydrogen (secondary N) is 1. The molecule has 1 atom stereocenters. The molecule has 2 fully saturated rings. The van der Waals surface area contributed by atoms with Crippen LogP contribution in [0.4, 0.5) is 0 Å². The first-order valence-corrected chi connectivity index (χ1v) is 5.14. The average Bonchev–Trinajstić information content (AvgIpc) is 2.14. The maximum absolute atomic E-state index is 11.0. The van der Waals surface area contributed by atoms with E-state index in [2.05, 4.69) is 5.32 Å². The lowest BCUT2D eigenvalue weighted by molar-refractivity contribution is -0.132. The molecule has 0 aromatic carbocycles. The summed E-state index contributed by atoms with van der Waals surface area (Å²) in [6.07, 6.45) is 8.07. The third-order valence-electron chi connectivity index (χ3n) is 3.24. The van der Waals surface area contributed by atoms with E-state index in [9.17, 15) is 4.79 Å². The highest BCUT2D eigenvalue weighted by Crippen LogP contribution is 2.30. The Morgan fingerprint density at radius 1 is 1.25 bits per heavy atom. The number of amides is 1. The smallest absolute Gasteiger partial charge is 0.224 e. The minimum Gasteiger partial charge on any atom is -0.355 e. The Labute approximate surface area is 73.7 Å². The molecule has 1 heterocycles. The van der Waals surface area contributed by atoms with Gasteiger partial charge in [0, 0.05) is 6.54 Å². The quantitative estimate of drug-likeness (QED) is 0.623. The maximum Gasteiger partial charge on any atom is 0.224 e. The van der Waals surface area contributed by atoms with Crippen molar-refractivity contribution in [2.45, 2.75) is 38.5 Å². The molecule has 0 bridgehead atoms. The van der Waals surface area contributed by atoms with Crippen LogP contribution in [-0.2, 0) is 4.79 Å². The Morgan fingerprint density at radius 3 is 2.50 bits per heavy atom. The van der Waals surface area contributed by atoms with Crippen LogP contribution in [0.1, 0.15) is 38.5 Å². The van der Waals surface area contributed by atoms with Crippen LogP contribution in [0.15, 0.2) is 0 Å². The standard InChI is InChI=1S/C10H17NO/c12-10-9(7-11-10)6-8-4-2-1-3-5-8/h8-9H,1-7H2,(H,11,12). The summed E-state index contributed by atoms with van der Waals surface area (Å²) in [5, 5.41) is 2.81. The molecule has 68 valence electrons. The summed E-state index contributed by atoms with van der Waals surface area (Å²) in [6.45, 7) is 0.940. The molecule has 1 N–H and O–H groups in total. The normalized spacial score (nSPS) is 31.0. The van der Waals surface area contributed by atoms with Crippen LogP contribution < -0.4 is 5.32 Å². The molecule has 2 rings (SSSR count). The van der Waals surface area contributed by atoms with E-state index in [4.69, 9.17) is 0 Å². The molecule has 1 aliphatic carbocycles. The fourth-order valence-electron chi connectivity index (χ4n) is 2.35. The van der Waals surface area contributed by atoms with Crippen LogP contribution >= 0.6 is 0 Å². The van der Waals surface area contributed by atoms with Crippen molar-refractivity contribution in [3.05, 3.63) is 0 Å². The highest BCUT2D eigenvalue weighted by molar-refractivity contribution is 5.84. The molecule has 2 heteroatoms. The van der Waals surface area contributed by atoms with Gasteiger partial charge in [-0.2, -0.15) is 0 Å². The molecule has 1 unspecified atom stereocenters. The van der Waals surface area contributed by atoms with E-state index in [0.717, 1.165) is 18.9 Å². The summed E-state index contributed by atoms with van der Waals surface area (Å²) in [7, 11) is 0. The summed E-state index contributed by atoms with van der Waals surface area (Å²) in [5.41, 5.74) is 0. The first kappa shape index (κ1) is 8.09. The second-order valence-electron chi connectivity index (χ2n) is 4.18. The highest BCUT2D eigenvalue weighted by Gasteiger charge is 2.30. The largest absolute Gasteiger partial charge is 0.355 e. The summed E-state index contributed by atoms with van der Waals surface area (Å²) >= 11 is 0. The van der Waals surface area contributed by atoms with Gasteiger partial charge in [0.1, 0.15) is 0 Å². The van der Waals surface area contributed by atoms with Crippen molar-refractivity contribution in [3.63, 3.8) is 0 Å². The zero-order chi connectivity index (χ0) is 8.39. The molecule has 0 radical (unpaired) electrons. The van der Waals surface area contributed by atoms with Crippen LogP contribution in [0.3, 0.4) is 0 Å². The minimum absolute atomic E-state index is 0.292. The first-order chi connectivity index (χ1) is 5.86. The molecule has 0 aromatic rings. The van der Waals surface area contributed by atoms with Crippen LogP contribution in [0.25, 0.3) is 0 Å². The van der Waals surface area contributed by atoms with Gasteiger partial charge in [-0.1, -0.05) is 32.1 Å². The fraction of sp³-hybridized carbons (Fsp3) is 0.900. The van der Waals surface area contributed by atoms with E-state index in [0.29, 0.717) is 11.8 Å². The summed E-state index contributed by atoms with van der Waals surface area (Å²) < 4.78 is 0. The molecule has 1 saturated heterocycles. The van der Waals surface area contributed by atoms with Gasteiger partial charge >= 0.3 is 0 Å². The van der Waals surface area contributed by atoms with Crippen LogP contribution in [-0.4, -0.2) is 12.5 Å². The lowest BCUT2D eigenvalue weighted by Gasteiger charge is -2.31. The van der Waals surface area contributed by atoms with Crippen LogP contribution in [0, 0.1) is 11.8 Å². The zero-order valence-corrected chi connectivity index (χ0v) is 7.51. The second-order valence-corrected chi connectivity index (χ2v) is 4.18. The monoisotopic (exact) mass is 167 g/mol. The van der Waals surface area contributed by atoms with Gasteiger partial charge in [-0.25, -0.2) is 0 Å². The van der Waals surface area contributed by atoms with Crippen molar-refractivity contribution in [2.24, 2.45) is 11.8 Å². The Bertz CT molecular complexity index is 173. The van der Waals surface area contributed by atoms with Crippen molar-refractivity contribution >= 4 is 5.91 Å². The topological polar surface area (TPSA) is 29.1 Å². The Balaban J connectivity index is 1.74. The van der Waals surface area contributed by atoms with Gasteiger partial charge in [0.05, 0.1) is 5.92 Å². The Morgan fingerprint density at radius 2 is 2.00 bits per heavy atom. The molecular formula is C10H17NO. The highest BCUT2D eigenvalue weighted by atomic mass is 16.2. The Hall–Kier alpha value is -0.530. The van der Waals surface area contributed by atoms with E-state index in [1.165, 1.54) is 32.1 Å². The van der Waals surface area contributed by atoms with Crippen molar-refractivity contribution in [3.8, 4) is 0 Å². The molecule has 1 saturated carbocycles. The maximum atomic E-state index is 11.0. The third-order valence-corrected chi connectivity index (χ3v) is 3.24. The van der Waals surface area contributed by atoms with Gasteiger partial charge in [0.15, 0.2) is 0 Å². The van der Waals surface area contributed by atoms with Gasteiger partial charge < -0.3 is 5.32 Å². The van der Waals surface area contributed by atoms with Gasteiger partial charge in [0.25, 0.3) is 0 Å². The molecule has 2 aliphatic rings. The van der Waals surface area contributed by atoms with Crippen molar-refractivity contribution in [1.82, 2.24) is 5.32 Å². The summed E-state index contributed by atoms with van der Waals surface area (Å²) in [5.74, 6) is 1.52. The van der Waals surface area contributed by atoms with Crippen LogP contribution in [0.5, 0.6) is 0 Å². The van der Waals surface area contributed by atoms with E-state index in [1.807, 2.05) is 0 Å². The second kappa shape index (κ2) is 3.46. The van der Waals surface area contributed by atoms with Gasteiger partial charge in [-0.3, -0.25) is 4.79 Å². The summed E-state index contributed by atoms with van der Waals surface area (Å²) in [4.78, 5) is 11.0. The fourth-order valence-corrected chi connectivity index (χ4v) is 2.35. The number of carbonyl (C=O) groups excluding carboxylic acids is 1. The number of carbonyl (C=O) groups is 1. The average molecular weight is 167 g/mol. The molecule has 2 nitrogen and oxygen atoms in total. The number of hydrogen-bond acceptors (Lipinski definition) is 1. The predicted octanol–water partition coefficient (Wildman–Crippen LogP) is 1.70. The number of rotatable bonds is 2. The molecule has 12 heavy (non-hydrogen) atoms. The van der Waals surface area contributed by atoms with E-state index >= 15 is 0 Å². The lowest BCUT2D eigenvalue weighted by atomic mass is 9.81. The van der Waals surface area contributed by atoms with Gasteiger partial charge in [0.2, 0.25) is 5.91 Å². The molecule has 0 spiro atoms. The summed E-state index contributed by atoms with van der Waals surface area (Å²) in [6, 6.07) is 0. The van der Waals surface area contributed by atoms with Crippen LogP contribution in [0.2, 0.25) is 0 Å². The number of hydrogen-bond donors (Lipinski definition) is 1. The Kier molecular flexibility index (Phi) is 2.33. The van der Waals surface area contributed by atoms with Crippen molar-refractivity contribution < 1.29 is 4.79 Å². The van der Waals surface area contributed by atoms with Crippen molar-refractivity contribution in [2.75, 3.05) is 6.54 Å². The predicted molar refractivity (Wildman–Crippen MR) is 47.7 cm³/mol. The lowest BCUT2D eigenvalue weighted by Crippen LogP contribution is -2.49. The third kappa shape index (κ3) is 1.62. The number of β-lactam (4-membered cyclic amide) rings is 1. The zero-order valence-electron chi connectivity index (χ0n) is 7.51. The molecular weight excluding hydrogens is 150 g/mol. The van der Waals surface area contributed by atoms with E-state index in [-0.39, 0.29) is 0 Å². The first-order valence-electron chi connectivity index (χ1n) is 5.14. The van der Waals surface area contributed by atoms with Gasteiger partial charge in [-0.15, -0.1) is 0 Å². The molecule has 0 aromatic heterocycles. The minimum atomic E-state index is 0.292. The van der Waals surface area contributed by atoms with Gasteiger partial charge in [-0.05, 0) is 12.3 Å². The molecule has 1 amide bonds.